The molecule has 0 fully saturated rings. The highest BCUT2D eigenvalue weighted by Gasteiger charge is 2.15. The summed E-state index contributed by atoms with van der Waals surface area (Å²) in [5.41, 5.74) is 5.51. The average molecular weight is 354 g/mol. The molecule has 0 aliphatic carbocycles. The molecule has 1 heterocycles. The fourth-order valence-electron chi connectivity index (χ4n) is 2.55. The second-order valence-corrected chi connectivity index (χ2v) is 8.69. The lowest BCUT2D eigenvalue weighted by atomic mass is 10.1. The fourth-order valence-corrected chi connectivity index (χ4v) is 4.14. The van der Waals surface area contributed by atoms with Crippen LogP contribution in [0.2, 0.25) is 0 Å². The lowest BCUT2D eigenvalue weighted by Gasteiger charge is -2.04. The molecule has 0 saturated heterocycles. The largest absolute Gasteiger partial charge is 0.330 e. The number of hydrogen-bond donors (Lipinski definition) is 1. The van der Waals surface area contributed by atoms with E-state index in [2.05, 4.69) is 32.1 Å². The van der Waals surface area contributed by atoms with Crippen molar-refractivity contribution in [3.8, 4) is 0 Å². The first kappa shape index (κ1) is 20.9. The van der Waals surface area contributed by atoms with Gasteiger partial charge in [-0.1, -0.05) is 74.9 Å². The van der Waals surface area contributed by atoms with Gasteiger partial charge in [-0.15, -0.1) is 11.8 Å². The van der Waals surface area contributed by atoms with E-state index in [0.29, 0.717) is 0 Å². The van der Waals surface area contributed by atoms with Crippen LogP contribution in [0.15, 0.2) is 32.9 Å². The fraction of sp³-hybridized carbons (Fsp3) is 0.700. The second kappa shape index (κ2) is 14.2. The lowest BCUT2D eigenvalue weighted by molar-refractivity contribution is 0.568. The molecule has 1 aliphatic heterocycles. The van der Waals surface area contributed by atoms with Crippen molar-refractivity contribution in [2.75, 3.05) is 12.3 Å². The van der Waals surface area contributed by atoms with Gasteiger partial charge in [-0.2, -0.15) is 0 Å². The van der Waals surface area contributed by atoms with Crippen molar-refractivity contribution >= 4 is 23.5 Å². The molecule has 0 spiro atoms. The molecular formula is C20H35NS2. The number of thioether (sulfide) groups is 2. The average Bonchev–Trinajstić information content (AvgIpc) is 3.25. The van der Waals surface area contributed by atoms with E-state index in [4.69, 9.17) is 5.73 Å². The molecule has 132 valence electrons. The molecule has 0 amide bonds. The molecule has 3 heteroatoms. The van der Waals surface area contributed by atoms with Gasteiger partial charge in [-0.3, -0.25) is 0 Å². The van der Waals surface area contributed by atoms with Gasteiger partial charge in [0.2, 0.25) is 0 Å². The summed E-state index contributed by atoms with van der Waals surface area (Å²) in [4.78, 5) is 4.54. The molecule has 0 saturated carbocycles. The maximum atomic E-state index is 5.51. The van der Waals surface area contributed by atoms with Crippen molar-refractivity contribution in [1.82, 2.24) is 0 Å². The van der Waals surface area contributed by atoms with Gasteiger partial charge in [0.15, 0.2) is 0 Å². The van der Waals surface area contributed by atoms with E-state index in [0.717, 1.165) is 13.0 Å². The number of unbranched alkanes of at least 4 members (excludes halogenated alkanes) is 8. The Morgan fingerprint density at radius 2 is 1.57 bits per heavy atom. The monoisotopic (exact) mass is 353 g/mol. The molecule has 1 nitrogen and oxygen atoms in total. The lowest BCUT2D eigenvalue weighted by Crippen LogP contribution is -1.97. The Labute approximate surface area is 152 Å². The first-order valence-electron chi connectivity index (χ1n) is 9.31. The van der Waals surface area contributed by atoms with Crippen LogP contribution in [0, 0.1) is 0 Å². The molecule has 0 aromatic heterocycles. The Morgan fingerprint density at radius 1 is 1.00 bits per heavy atom. The SMILES string of the molecule is C/C=C/C(=C/CC1=C(C)S1)SCCCCCCCCCCCN. The summed E-state index contributed by atoms with van der Waals surface area (Å²) in [6, 6.07) is 0. The Kier molecular flexibility index (Phi) is 13.0. The number of nitrogens with two attached hydrogens (primary N) is 1. The van der Waals surface area contributed by atoms with Crippen LogP contribution in [0.4, 0.5) is 0 Å². The molecule has 1 aliphatic rings. The van der Waals surface area contributed by atoms with Gasteiger partial charge >= 0.3 is 0 Å². The predicted octanol–water partition coefficient (Wildman–Crippen LogP) is 7.02. The third-order valence-corrected chi connectivity index (χ3v) is 6.26. The molecule has 23 heavy (non-hydrogen) atoms. The van der Waals surface area contributed by atoms with Crippen molar-refractivity contribution in [3.63, 3.8) is 0 Å². The van der Waals surface area contributed by atoms with E-state index >= 15 is 0 Å². The minimum atomic E-state index is 0.858. The van der Waals surface area contributed by atoms with Gasteiger partial charge in [-0.05, 0) is 50.3 Å². The topological polar surface area (TPSA) is 26.0 Å². The summed E-state index contributed by atoms with van der Waals surface area (Å²) in [7, 11) is 0. The van der Waals surface area contributed by atoms with Crippen molar-refractivity contribution in [3.05, 3.63) is 32.9 Å². The van der Waals surface area contributed by atoms with Crippen molar-refractivity contribution in [2.45, 2.75) is 78.1 Å². The number of allylic oxidation sites excluding steroid dienone is 5. The van der Waals surface area contributed by atoms with Gasteiger partial charge in [0.05, 0.1) is 0 Å². The van der Waals surface area contributed by atoms with Crippen molar-refractivity contribution < 1.29 is 0 Å². The van der Waals surface area contributed by atoms with E-state index in [-0.39, 0.29) is 0 Å². The van der Waals surface area contributed by atoms with Crippen LogP contribution in [-0.4, -0.2) is 12.3 Å². The minimum absolute atomic E-state index is 0.858. The van der Waals surface area contributed by atoms with E-state index < -0.39 is 0 Å². The molecule has 0 atom stereocenters. The van der Waals surface area contributed by atoms with Crippen LogP contribution in [0.3, 0.4) is 0 Å². The molecule has 0 bridgehead atoms. The van der Waals surface area contributed by atoms with Crippen LogP contribution in [0.25, 0.3) is 0 Å². The molecule has 1 rings (SSSR count). The van der Waals surface area contributed by atoms with Crippen LogP contribution >= 0.6 is 23.5 Å². The number of hydrogen-bond acceptors (Lipinski definition) is 3. The maximum Gasteiger partial charge on any atom is 0.00322 e. The van der Waals surface area contributed by atoms with Crippen molar-refractivity contribution in [1.29, 1.82) is 0 Å². The summed E-state index contributed by atoms with van der Waals surface area (Å²) in [5.74, 6) is 1.26. The highest BCUT2D eigenvalue weighted by atomic mass is 32.2. The first-order chi connectivity index (χ1) is 11.3. The summed E-state index contributed by atoms with van der Waals surface area (Å²) < 4.78 is 0. The van der Waals surface area contributed by atoms with E-state index in [1.807, 2.05) is 23.5 Å². The van der Waals surface area contributed by atoms with E-state index in [9.17, 15) is 0 Å². The Hall–Kier alpha value is -0.120. The second-order valence-electron chi connectivity index (χ2n) is 6.21. The smallest absolute Gasteiger partial charge is 0.00322 e. The summed E-state index contributed by atoms with van der Waals surface area (Å²) in [5, 5.41) is 0. The number of rotatable bonds is 15. The van der Waals surface area contributed by atoms with Gasteiger partial charge in [0, 0.05) is 9.81 Å². The summed E-state index contributed by atoms with van der Waals surface area (Å²) in [6.07, 6.45) is 20.2. The zero-order valence-electron chi connectivity index (χ0n) is 15.1. The van der Waals surface area contributed by atoms with Gasteiger partial charge in [0.25, 0.3) is 0 Å². The molecule has 0 aromatic rings. The highest BCUT2D eigenvalue weighted by molar-refractivity contribution is 8.13. The van der Waals surface area contributed by atoms with Crippen LogP contribution in [-0.2, 0) is 0 Å². The molecule has 0 aromatic carbocycles. The third kappa shape index (κ3) is 12.0. The molecule has 0 radical (unpaired) electrons. The first-order valence-corrected chi connectivity index (χ1v) is 11.1. The predicted molar refractivity (Wildman–Crippen MR) is 111 cm³/mol. The molecule has 0 unspecified atom stereocenters. The normalized spacial score (nSPS) is 15.0. The Morgan fingerprint density at radius 3 is 2.09 bits per heavy atom. The van der Waals surface area contributed by atoms with Gasteiger partial charge < -0.3 is 5.73 Å². The summed E-state index contributed by atoms with van der Waals surface area (Å²) in [6.45, 7) is 5.18. The van der Waals surface area contributed by atoms with Crippen LogP contribution in [0.1, 0.15) is 78.1 Å². The molecular weight excluding hydrogens is 318 g/mol. The highest BCUT2D eigenvalue weighted by Crippen LogP contribution is 2.47. The van der Waals surface area contributed by atoms with E-state index in [1.165, 1.54) is 73.4 Å². The van der Waals surface area contributed by atoms with Gasteiger partial charge in [0.1, 0.15) is 0 Å². The Bertz CT molecular complexity index is 396. The minimum Gasteiger partial charge on any atom is -0.330 e. The third-order valence-electron chi connectivity index (χ3n) is 4.06. The zero-order chi connectivity index (χ0) is 16.8. The van der Waals surface area contributed by atoms with E-state index in [1.54, 1.807) is 4.91 Å². The van der Waals surface area contributed by atoms with Gasteiger partial charge in [-0.25, -0.2) is 0 Å². The standard InChI is InChI=1S/C20H35NS2/c1-3-13-19(14-15-20-18(2)23-20)22-17-12-10-8-6-4-5-7-9-11-16-21/h3,13-14H,4-12,15-17,21H2,1-2H3/b13-3+,19-14-. The zero-order valence-corrected chi connectivity index (χ0v) is 16.7. The van der Waals surface area contributed by atoms with Crippen molar-refractivity contribution in [2.24, 2.45) is 5.73 Å². The van der Waals surface area contributed by atoms with Crippen LogP contribution in [0.5, 0.6) is 0 Å². The Balaban J connectivity index is 1.95. The summed E-state index contributed by atoms with van der Waals surface area (Å²) >= 11 is 3.97. The maximum absolute atomic E-state index is 5.51. The quantitative estimate of drug-likeness (QED) is 0.253. The van der Waals surface area contributed by atoms with Crippen LogP contribution < -0.4 is 5.73 Å². The molecule has 2 N–H and O–H groups in total.